The maximum atomic E-state index is 10.9. The number of ketones is 1. The second-order valence-electron chi connectivity index (χ2n) is 4.27. The minimum Gasteiger partial charge on any atom is -0.299 e. The molecule has 0 aromatic heterocycles. The van der Waals surface area contributed by atoms with E-state index in [1.165, 1.54) is 25.9 Å². The van der Waals surface area contributed by atoms with Gasteiger partial charge in [-0.2, -0.15) is 0 Å². The highest BCUT2D eigenvalue weighted by Gasteiger charge is 2.30. The molecular weight excluding hydrogens is 164 g/mol. The van der Waals surface area contributed by atoms with Crippen LogP contribution in [0.25, 0.3) is 0 Å². The Balaban J connectivity index is 1.76. The Morgan fingerprint density at radius 2 is 2.15 bits per heavy atom. The van der Waals surface area contributed by atoms with Crippen molar-refractivity contribution in [1.29, 1.82) is 0 Å². The van der Waals surface area contributed by atoms with E-state index in [2.05, 4.69) is 9.80 Å². The molecule has 0 bridgehead atoms. The third-order valence-corrected chi connectivity index (χ3v) is 3.10. The zero-order valence-electron chi connectivity index (χ0n) is 8.33. The van der Waals surface area contributed by atoms with E-state index in [1.54, 1.807) is 6.92 Å². The minimum absolute atomic E-state index is 0.296. The van der Waals surface area contributed by atoms with E-state index < -0.39 is 0 Å². The molecule has 0 aliphatic carbocycles. The van der Waals surface area contributed by atoms with Crippen molar-refractivity contribution >= 4 is 5.78 Å². The zero-order valence-corrected chi connectivity index (χ0v) is 8.33. The second kappa shape index (κ2) is 3.76. The van der Waals surface area contributed by atoms with Crippen LogP contribution in [0.2, 0.25) is 0 Å². The lowest BCUT2D eigenvalue weighted by molar-refractivity contribution is -0.117. The molecular formula is C10H18N2O. The summed E-state index contributed by atoms with van der Waals surface area (Å²) in [5.41, 5.74) is 0. The molecule has 2 rings (SSSR count). The average Bonchev–Trinajstić information content (AvgIpc) is 2.31. The first-order valence-corrected chi connectivity index (χ1v) is 5.21. The normalized spacial score (nSPS) is 30.4. The van der Waals surface area contributed by atoms with Gasteiger partial charge in [0.25, 0.3) is 0 Å². The SMILES string of the molecule is CC(=O)CN1CCC(N2CCC2)C1. The second-order valence-corrected chi connectivity index (χ2v) is 4.27. The summed E-state index contributed by atoms with van der Waals surface area (Å²) in [6.45, 7) is 7.11. The molecule has 0 N–H and O–H groups in total. The number of nitrogens with zero attached hydrogens (tertiary/aromatic N) is 2. The Kier molecular flexibility index (Phi) is 2.65. The number of hydrogen-bond donors (Lipinski definition) is 0. The topological polar surface area (TPSA) is 23.6 Å². The number of rotatable bonds is 3. The summed E-state index contributed by atoms with van der Waals surface area (Å²) >= 11 is 0. The Morgan fingerprint density at radius 1 is 1.38 bits per heavy atom. The smallest absolute Gasteiger partial charge is 0.143 e. The van der Waals surface area contributed by atoms with Crippen LogP contribution in [0.5, 0.6) is 0 Å². The predicted molar refractivity (Wildman–Crippen MR) is 51.7 cm³/mol. The largest absolute Gasteiger partial charge is 0.299 e. The van der Waals surface area contributed by atoms with E-state index in [9.17, 15) is 4.79 Å². The molecule has 13 heavy (non-hydrogen) atoms. The van der Waals surface area contributed by atoms with Crippen molar-refractivity contribution < 1.29 is 4.79 Å². The van der Waals surface area contributed by atoms with Crippen LogP contribution in [0.15, 0.2) is 0 Å². The van der Waals surface area contributed by atoms with Gasteiger partial charge in [0.1, 0.15) is 5.78 Å². The molecule has 0 aromatic rings. The lowest BCUT2D eigenvalue weighted by atomic mass is 10.1. The third-order valence-electron chi connectivity index (χ3n) is 3.10. The van der Waals surface area contributed by atoms with Crippen LogP contribution in [-0.4, -0.2) is 54.3 Å². The predicted octanol–water partition coefficient (Wildman–Crippen LogP) is 0.355. The van der Waals surface area contributed by atoms with Crippen molar-refractivity contribution in [3.8, 4) is 0 Å². The maximum Gasteiger partial charge on any atom is 0.143 e. The lowest BCUT2D eigenvalue weighted by Gasteiger charge is -2.36. The van der Waals surface area contributed by atoms with E-state index in [4.69, 9.17) is 0 Å². The zero-order chi connectivity index (χ0) is 9.26. The van der Waals surface area contributed by atoms with Gasteiger partial charge in [0, 0.05) is 19.1 Å². The van der Waals surface area contributed by atoms with Crippen molar-refractivity contribution in [2.45, 2.75) is 25.8 Å². The molecule has 2 saturated heterocycles. The molecule has 1 atom stereocenters. The fourth-order valence-electron chi connectivity index (χ4n) is 2.27. The van der Waals surface area contributed by atoms with Crippen LogP contribution in [0.1, 0.15) is 19.8 Å². The van der Waals surface area contributed by atoms with E-state index in [1.807, 2.05) is 0 Å². The van der Waals surface area contributed by atoms with Crippen LogP contribution in [0.3, 0.4) is 0 Å². The minimum atomic E-state index is 0.296. The van der Waals surface area contributed by atoms with Gasteiger partial charge >= 0.3 is 0 Å². The molecule has 0 spiro atoms. The first-order valence-electron chi connectivity index (χ1n) is 5.21. The fourth-order valence-corrected chi connectivity index (χ4v) is 2.27. The van der Waals surface area contributed by atoms with E-state index in [0.29, 0.717) is 12.3 Å². The first kappa shape index (κ1) is 9.16. The number of likely N-dealkylation sites (tertiary alicyclic amines) is 2. The number of Topliss-reactive ketones (excluding diaryl/α,β-unsaturated/α-hetero) is 1. The molecule has 0 aromatic carbocycles. The molecule has 2 aliphatic rings. The molecule has 0 saturated carbocycles. The van der Waals surface area contributed by atoms with Gasteiger partial charge in [0.2, 0.25) is 0 Å². The summed E-state index contributed by atoms with van der Waals surface area (Å²) in [6, 6.07) is 0.744. The summed E-state index contributed by atoms with van der Waals surface area (Å²) in [7, 11) is 0. The molecule has 2 heterocycles. The number of carbonyl (C=O) groups excluding carboxylic acids is 1. The van der Waals surface area contributed by atoms with Gasteiger partial charge in [0.05, 0.1) is 6.54 Å². The van der Waals surface area contributed by atoms with Crippen molar-refractivity contribution in [3.63, 3.8) is 0 Å². The molecule has 1 unspecified atom stereocenters. The maximum absolute atomic E-state index is 10.9. The van der Waals surface area contributed by atoms with Crippen LogP contribution in [0, 0.1) is 0 Å². The molecule has 2 aliphatic heterocycles. The van der Waals surface area contributed by atoms with Crippen molar-refractivity contribution in [3.05, 3.63) is 0 Å². The summed E-state index contributed by atoms with van der Waals surface area (Å²) in [6.07, 6.45) is 2.62. The third kappa shape index (κ3) is 2.09. The molecule has 74 valence electrons. The molecule has 3 nitrogen and oxygen atoms in total. The molecule has 0 amide bonds. The van der Waals surface area contributed by atoms with Crippen LogP contribution < -0.4 is 0 Å². The van der Waals surface area contributed by atoms with Crippen molar-refractivity contribution in [1.82, 2.24) is 9.80 Å². The standard InChI is InChI=1S/C10H18N2O/c1-9(13)7-11-6-3-10(8-11)12-4-2-5-12/h10H,2-8H2,1H3. The quantitative estimate of drug-likeness (QED) is 0.629. The number of carbonyl (C=O) groups is 1. The molecule has 0 radical (unpaired) electrons. The van der Waals surface area contributed by atoms with Crippen molar-refractivity contribution in [2.24, 2.45) is 0 Å². The Morgan fingerprint density at radius 3 is 2.69 bits per heavy atom. The van der Waals surface area contributed by atoms with Gasteiger partial charge in [0.15, 0.2) is 0 Å². The van der Waals surface area contributed by atoms with E-state index in [0.717, 1.165) is 19.1 Å². The molecule has 2 fully saturated rings. The summed E-state index contributed by atoms with van der Waals surface area (Å²) in [4.78, 5) is 15.7. The van der Waals surface area contributed by atoms with Crippen molar-refractivity contribution in [2.75, 3.05) is 32.7 Å². The number of hydrogen-bond acceptors (Lipinski definition) is 3. The van der Waals surface area contributed by atoms with Gasteiger partial charge in [-0.1, -0.05) is 0 Å². The van der Waals surface area contributed by atoms with Crippen LogP contribution in [-0.2, 0) is 4.79 Å². The van der Waals surface area contributed by atoms with Gasteiger partial charge < -0.3 is 0 Å². The highest BCUT2D eigenvalue weighted by Crippen LogP contribution is 2.20. The van der Waals surface area contributed by atoms with E-state index in [-0.39, 0.29) is 0 Å². The van der Waals surface area contributed by atoms with Crippen LogP contribution in [0.4, 0.5) is 0 Å². The average molecular weight is 182 g/mol. The Hall–Kier alpha value is -0.410. The Bertz CT molecular complexity index is 201. The van der Waals surface area contributed by atoms with Gasteiger partial charge in [-0.05, 0) is 32.9 Å². The first-order chi connectivity index (χ1) is 6.25. The Labute approximate surface area is 79.7 Å². The van der Waals surface area contributed by atoms with Gasteiger partial charge in [-0.3, -0.25) is 14.6 Å². The monoisotopic (exact) mass is 182 g/mol. The summed E-state index contributed by atoms with van der Waals surface area (Å²) < 4.78 is 0. The van der Waals surface area contributed by atoms with Gasteiger partial charge in [-0.15, -0.1) is 0 Å². The van der Waals surface area contributed by atoms with Gasteiger partial charge in [-0.25, -0.2) is 0 Å². The summed E-state index contributed by atoms with van der Waals surface area (Å²) in [5.74, 6) is 0.296. The lowest BCUT2D eigenvalue weighted by Crippen LogP contribution is -2.46. The molecule has 3 heteroatoms. The van der Waals surface area contributed by atoms with Crippen LogP contribution >= 0.6 is 0 Å². The highest BCUT2D eigenvalue weighted by atomic mass is 16.1. The van der Waals surface area contributed by atoms with E-state index >= 15 is 0 Å². The highest BCUT2D eigenvalue weighted by molar-refractivity contribution is 5.77. The summed E-state index contributed by atoms with van der Waals surface area (Å²) in [5, 5.41) is 0. The fraction of sp³-hybridized carbons (Fsp3) is 0.900.